The molecule has 6 nitrogen and oxygen atoms in total. The Morgan fingerprint density at radius 3 is 2.68 bits per heavy atom. The standard InChI is InChI=1S/C16H28N2O4/c1-6-10-21-15(20)18-9-7-8-12(2)13(18)11-17-14(19)22-16(3,4)5/h6,12-13H,1,7-11H2,2-5H3,(H,17,19)/t12-,13-/m0/s1. The summed E-state index contributed by atoms with van der Waals surface area (Å²) in [7, 11) is 0. The maximum Gasteiger partial charge on any atom is 0.410 e. The van der Waals surface area contributed by atoms with Gasteiger partial charge in [-0.05, 0) is 39.5 Å². The molecule has 1 heterocycles. The summed E-state index contributed by atoms with van der Waals surface area (Å²) in [6.45, 7) is 12.2. The number of piperidine rings is 1. The van der Waals surface area contributed by atoms with Gasteiger partial charge in [0.25, 0.3) is 0 Å². The fourth-order valence-corrected chi connectivity index (χ4v) is 2.50. The van der Waals surface area contributed by atoms with Crippen LogP contribution in [0.5, 0.6) is 0 Å². The Kier molecular flexibility index (Phi) is 6.71. The number of hydrogen-bond donors (Lipinski definition) is 1. The van der Waals surface area contributed by atoms with Gasteiger partial charge in [-0.3, -0.25) is 0 Å². The first kappa shape index (κ1) is 18.3. The molecule has 0 saturated carbocycles. The molecule has 0 bridgehead atoms. The molecule has 0 radical (unpaired) electrons. The molecule has 6 heteroatoms. The number of ether oxygens (including phenoxy) is 2. The average Bonchev–Trinajstić information content (AvgIpc) is 2.41. The summed E-state index contributed by atoms with van der Waals surface area (Å²) in [6.07, 6.45) is 2.67. The second-order valence-corrected chi connectivity index (χ2v) is 6.63. The van der Waals surface area contributed by atoms with Crippen molar-refractivity contribution in [2.75, 3.05) is 19.7 Å². The van der Waals surface area contributed by atoms with Gasteiger partial charge >= 0.3 is 12.2 Å². The molecule has 2 atom stereocenters. The minimum Gasteiger partial charge on any atom is -0.445 e. The molecule has 0 aromatic carbocycles. The third kappa shape index (κ3) is 5.95. The van der Waals surface area contributed by atoms with Crippen molar-refractivity contribution >= 4 is 12.2 Å². The molecule has 1 N–H and O–H groups in total. The number of carbonyl (C=O) groups is 2. The van der Waals surface area contributed by atoms with Crippen molar-refractivity contribution in [1.82, 2.24) is 10.2 Å². The molecule has 2 amide bonds. The topological polar surface area (TPSA) is 67.9 Å². The van der Waals surface area contributed by atoms with Crippen molar-refractivity contribution in [3.8, 4) is 0 Å². The molecule has 1 aliphatic rings. The summed E-state index contributed by atoms with van der Waals surface area (Å²) in [5.74, 6) is 0.292. The van der Waals surface area contributed by atoms with Crippen LogP contribution in [0.15, 0.2) is 12.7 Å². The van der Waals surface area contributed by atoms with Crippen LogP contribution in [0.25, 0.3) is 0 Å². The van der Waals surface area contributed by atoms with Crippen LogP contribution in [-0.4, -0.2) is 48.4 Å². The van der Waals surface area contributed by atoms with E-state index in [0.717, 1.165) is 12.8 Å². The Hall–Kier alpha value is -1.72. The van der Waals surface area contributed by atoms with Crippen LogP contribution >= 0.6 is 0 Å². The predicted octanol–water partition coefficient (Wildman–Crippen LogP) is 2.93. The van der Waals surface area contributed by atoms with Crippen LogP contribution in [0.4, 0.5) is 9.59 Å². The molecular formula is C16H28N2O4. The molecule has 0 aromatic rings. The van der Waals surface area contributed by atoms with Gasteiger partial charge in [-0.1, -0.05) is 19.6 Å². The first-order chi connectivity index (χ1) is 10.2. The van der Waals surface area contributed by atoms with Crippen molar-refractivity contribution in [3.63, 3.8) is 0 Å². The molecule has 0 aromatic heterocycles. The lowest BCUT2D eigenvalue weighted by Crippen LogP contribution is -2.53. The molecule has 1 aliphatic heterocycles. The summed E-state index contributed by atoms with van der Waals surface area (Å²) in [6, 6.07) is -0.0846. The van der Waals surface area contributed by atoms with Crippen LogP contribution < -0.4 is 5.32 Å². The number of carbonyl (C=O) groups excluding carboxylic acids is 2. The Morgan fingerprint density at radius 1 is 1.41 bits per heavy atom. The van der Waals surface area contributed by atoms with Gasteiger partial charge in [0.05, 0.1) is 6.04 Å². The van der Waals surface area contributed by atoms with Gasteiger partial charge in [0.1, 0.15) is 12.2 Å². The molecule has 1 saturated heterocycles. The third-order valence-electron chi connectivity index (χ3n) is 3.53. The van der Waals surface area contributed by atoms with Crippen molar-refractivity contribution in [2.45, 2.75) is 52.2 Å². The second-order valence-electron chi connectivity index (χ2n) is 6.63. The number of hydrogen-bond acceptors (Lipinski definition) is 4. The highest BCUT2D eigenvalue weighted by Crippen LogP contribution is 2.23. The van der Waals surface area contributed by atoms with E-state index in [1.54, 1.807) is 11.0 Å². The van der Waals surface area contributed by atoms with Gasteiger partial charge in [0.2, 0.25) is 0 Å². The van der Waals surface area contributed by atoms with E-state index in [1.807, 2.05) is 20.8 Å². The maximum absolute atomic E-state index is 12.1. The zero-order valence-electron chi connectivity index (χ0n) is 14.1. The molecule has 126 valence electrons. The largest absolute Gasteiger partial charge is 0.445 e. The number of amides is 2. The number of likely N-dealkylation sites (tertiary alicyclic amines) is 1. The SMILES string of the molecule is C=CCOC(=O)N1CCC[C@H](C)[C@@H]1CNC(=O)OC(C)(C)C. The predicted molar refractivity (Wildman–Crippen MR) is 84.7 cm³/mol. The van der Waals surface area contributed by atoms with Gasteiger partial charge in [0.15, 0.2) is 0 Å². The third-order valence-corrected chi connectivity index (χ3v) is 3.53. The second kappa shape index (κ2) is 8.06. The van der Waals surface area contributed by atoms with E-state index < -0.39 is 11.7 Å². The van der Waals surface area contributed by atoms with Gasteiger partial charge < -0.3 is 19.7 Å². The summed E-state index contributed by atoms with van der Waals surface area (Å²) in [5, 5.41) is 2.75. The Labute approximate surface area is 132 Å². The fraction of sp³-hybridized carbons (Fsp3) is 0.750. The molecular weight excluding hydrogens is 284 g/mol. The Balaban J connectivity index is 2.60. The van der Waals surface area contributed by atoms with Gasteiger partial charge in [-0.15, -0.1) is 0 Å². The number of nitrogens with zero attached hydrogens (tertiary/aromatic N) is 1. The first-order valence-corrected chi connectivity index (χ1v) is 7.75. The van der Waals surface area contributed by atoms with Crippen molar-refractivity contribution in [3.05, 3.63) is 12.7 Å². The molecule has 22 heavy (non-hydrogen) atoms. The zero-order valence-corrected chi connectivity index (χ0v) is 14.1. The van der Waals surface area contributed by atoms with Crippen molar-refractivity contribution in [2.24, 2.45) is 5.92 Å². The highest BCUT2D eigenvalue weighted by Gasteiger charge is 2.33. The monoisotopic (exact) mass is 312 g/mol. The Morgan fingerprint density at radius 2 is 2.09 bits per heavy atom. The van der Waals surface area contributed by atoms with E-state index in [2.05, 4.69) is 18.8 Å². The lowest BCUT2D eigenvalue weighted by molar-refractivity contribution is 0.0425. The maximum atomic E-state index is 12.1. The number of rotatable bonds is 4. The fourth-order valence-electron chi connectivity index (χ4n) is 2.50. The van der Waals surface area contributed by atoms with Crippen LogP contribution in [0, 0.1) is 5.92 Å². The normalized spacial score (nSPS) is 21.9. The minimum atomic E-state index is -0.537. The minimum absolute atomic E-state index is 0.0846. The molecule has 0 spiro atoms. The lowest BCUT2D eigenvalue weighted by Gasteiger charge is -2.39. The molecule has 1 fully saturated rings. The molecule has 0 aliphatic carbocycles. The number of nitrogens with one attached hydrogen (secondary N) is 1. The number of alkyl carbamates (subject to hydrolysis) is 1. The molecule has 1 rings (SSSR count). The first-order valence-electron chi connectivity index (χ1n) is 7.75. The van der Waals surface area contributed by atoms with Crippen LogP contribution in [0.3, 0.4) is 0 Å². The van der Waals surface area contributed by atoms with Gasteiger partial charge in [-0.2, -0.15) is 0 Å². The summed E-state index contributed by atoms with van der Waals surface area (Å²) >= 11 is 0. The van der Waals surface area contributed by atoms with E-state index in [1.165, 1.54) is 0 Å². The van der Waals surface area contributed by atoms with E-state index in [4.69, 9.17) is 9.47 Å². The van der Waals surface area contributed by atoms with Crippen molar-refractivity contribution in [1.29, 1.82) is 0 Å². The molecule has 0 unspecified atom stereocenters. The summed E-state index contributed by atoms with van der Waals surface area (Å²) < 4.78 is 10.3. The van der Waals surface area contributed by atoms with Crippen LogP contribution in [0.2, 0.25) is 0 Å². The van der Waals surface area contributed by atoms with E-state index in [9.17, 15) is 9.59 Å². The van der Waals surface area contributed by atoms with E-state index in [-0.39, 0.29) is 18.7 Å². The Bertz CT molecular complexity index is 403. The zero-order chi connectivity index (χ0) is 16.8. The van der Waals surface area contributed by atoms with Gasteiger partial charge in [-0.25, -0.2) is 9.59 Å². The lowest BCUT2D eigenvalue weighted by atomic mass is 9.91. The van der Waals surface area contributed by atoms with E-state index in [0.29, 0.717) is 19.0 Å². The quantitative estimate of drug-likeness (QED) is 0.810. The highest BCUT2D eigenvalue weighted by molar-refractivity contribution is 5.69. The van der Waals surface area contributed by atoms with Crippen molar-refractivity contribution < 1.29 is 19.1 Å². The summed E-state index contributed by atoms with van der Waals surface area (Å²) in [4.78, 5) is 25.6. The highest BCUT2D eigenvalue weighted by atomic mass is 16.6. The van der Waals surface area contributed by atoms with E-state index >= 15 is 0 Å². The smallest absolute Gasteiger partial charge is 0.410 e. The average molecular weight is 312 g/mol. The van der Waals surface area contributed by atoms with Crippen LogP contribution in [-0.2, 0) is 9.47 Å². The van der Waals surface area contributed by atoms with Crippen LogP contribution in [0.1, 0.15) is 40.5 Å². The van der Waals surface area contributed by atoms with Gasteiger partial charge in [0, 0.05) is 13.1 Å². The summed E-state index contributed by atoms with van der Waals surface area (Å²) in [5.41, 5.74) is -0.537.